The minimum atomic E-state index is -4.72. The van der Waals surface area contributed by atoms with Crippen molar-refractivity contribution >= 4 is 0 Å². The first-order valence-corrected chi connectivity index (χ1v) is 5.89. The number of halogens is 6. The predicted molar refractivity (Wildman–Crippen MR) is 63.6 cm³/mol. The summed E-state index contributed by atoms with van der Waals surface area (Å²) in [5.74, 6) is -1.20. The van der Waals surface area contributed by atoms with Gasteiger partial charge in [-0.1, -0.05) is 6.07 Å². The number of nitrogens with zero attached hydrogens (tertiary/aromatic N) is 2. The van der Waals surface area contributed by atoms with Gasteiger partial charge in [-0.3, -0.25) is 0 Å². The number of nitriles is 2. The second-order valence-corrected chi connectivity index (χ2v) is 4.18. The Morgan fingerprint density at radius 1 is 0.913 bits per heavy atom. The lowest BCUT2D eigenvalue weighted by atomic mass is 10.1. The molecule has 0 aliphatic heterocycles. The summed E-state index contributed by atoms with van der Waals surface area (Å²) < 4.78 is 82.1. The van der Waals surface area contributed by atoms with Crippen LogP contribution in [0.2, 0.25) is 0 Å². The summed E-state index contributed by atoms with van der Waals surface area (Å²) in [6.07, 6.45) is -9.80. The van der Waals surface area contributed by atoms with Crippen molar-refractivity contribution in [1.82, 2.24) is 0 Å². The maximum absolute atomic E-state index is 12.2. The fourth-order valence-corrected chi connectivity index (χ4v) is 1.54. The van der Waals surface area contributed by atoms with Crippen molar-refractivity contribution in [2.75, 3.05) is 13.2 Å². The molecule has 0 bridgehead atoms. The highest BCUT2D eigenvalue weighted by Crippen LogP contribution is 2.34. The van der Waals surface area contributed by atoms with E-state index in [1.54, 1.807) is 6.07 Å². The van der Waals surface area contributed by atoms with Gasteiger partial charge in [0.2, 0.25) is 0 Å². The Bertz CT molecular complexity index is 640. The summed E-state index contributed by atoms with van der Waals surface area (Å²) >= 11 is 0. The smallest absolute Gasteiger partial charge is 0.422 e. The van der Waals surface area contributed by atoms with Crippen LogP contribution < -0.4 is 9.47 Å². The lowest BCUT2D eigenvalue weighted by Crippen LogP contribution is -2.21. The fourth-order valence-electron chi connectivity index (χ4n) is 1.54. The molecular weight excluding hydrogens is 330 g/mol. The van der Waals surface area contributed by atoms with Crippen LogP contribution >= 0.6 is 0 Å². The molecule has 1 aromatic carbocycles. The number of alkyl halides is 6. The van der Waals surface area contributed by atoms with Gasteiger partial charge in [-0.05, 0) is 6.07 Å². The fraction of sp³-hybridized carbons (Fsp3) is 0.385. The van der Waals surface area contributed by atoms with Crippen LogP contribution in [0.1, 0.15) is 11.1 Å². The topological polar surface area (TPSA) is 66.0 Å². The third kappa shape index (κ3) is 5.94. The third-order valence-corrected chi connectivity index (χ3v) is 2.35. The minimum absolute atomic E-state index is 0.0624. The molecule has 0 aliphatic rings. The van der Waals surface area contributed by atoms with Crippen LogP contribution in [0.3, 0.4) is 0 Å². The molecule has 0 saturated carbocycles. The van der Waals surface area contributed by atoms with Gasteiger partial charge in [-0.2, -0.15) is 36.9 Å². The van der Waals surface area contributed by atoms with Crippen LogP contribution in [0, 0.1) is 22.7 Å². The van der Waals surface area contributed by atoms with Crippen molar-refractivity contribution in [3.05, 3.63) is 23.3 Å². The summed E-state index contributed by atoms with van der Waals surface area (Å²) in [4.78, 5) is 0. The molecule has 124 valence electrons. The van der Waals surface area contributed by atoms with Crippen molar-refractivity contribution < 1.29 is 35.8 Å². The highest BCUT2D eigenvalue weighted by Gasteiger charge is 2.31. The summed E-state index contributed by atoms with van der Waals surface area (Å²) in [6.45, 7) is -3.49. The molecule has 0 fully saturated rings. The number of hydrogen-bond acceptors (Lipinski definition) is 4. The highest BCUT2D eigenvalue weighted by atomic mass is 19.4. The monoisotopic (exact) mass is 338 g/mol. The summed E-state index contributed by atoms with van der Waals surface area (Å²) in [5, 5.41) is 17.6. The van der Waals surface area contributed by atoms with E-state index in [2.05, 4.69) is 9.47 Å². The molecule has 23 heavy (non-hydrogen) atoms. The van der Waals surface area contributed by atoms with Gasteiger partial charge in [0.05, 0.1) is 12.5 Å². The van der Waals surface area contributed by atoms with E-state index in [4.69, 9.17) is 10.5 Å². The Morgan fingerprint density at radius 3 is 1.96 bits per heavy atom. The molecule has 0 amide bonds. The van der Waals surface area contributed by atoms with Crippen LogP contribution in [0.15, 0.2) is 12.1 Å². The molecule has 0 aromatic heterocycles. The number of rotatable bonds is 5. The van der Waals surface area contributed by atoms with Gasteiger partial charge < -0.3 is 9.47 Å². The molecule has 1 rings (SSSR count). The zero-order valence-electron chi connectivity index (χ0n) is 11.3. The van der Waals surface area contributed by atoms with Gasteiger partial charge >= 0.3 is 12.4 Å². The Balaban J connectivity index is 3.20. The van der Waals surface area contributed by atoms with E-state index < -0.39 is 42.6 Å². The van der Waals surface area contributed by atoms with Crippen molar-refractivity contribution in [3.63, 3.8) is 0 Å². The standard InChI is InChI=1S/C13H8F6N2O2/c14-12(15,16)6-22-10-2-1-8(3-4-20)11(9(10)5-21)23-7-13(17,18)19/h1-2H,3,6-7H2. The first kappa shape index (κ1) is 18.4. The van der Waals surface area contributed by atoms with Crippen molar-refractivity contribution in [3.8, 4) is 23.6 Å². The van der Waals surface area contributed by atoms with Crippen molar-refractivity contribution in [2.45, 2.75) is 18.8 Å². The van der Waals surface area contributed by atoms with E-state index in [0.717, 1.165) is 12.1 Å². The molecule has 1 aromatic rings. The zero-order chi connectivity index (χ0) is 17.7. The van der Waals surface area contributed by atoms with Crippen molar-refractivity contribution in [1.29, 1.82) is 10.5 Å². The van der Waals surface area contributed by atoms with Crippen LogP contribution in [-0.4, -0.2) is 25.6 Å². The second kappa shape index (κ2) is 7.09. The van der Waals surface area contributed by atoms with Crippen LogP contribution in [0.5, 0.6) is 11.5 Å². The lowest BCUT2D eigenvalue weighted by molar-refractivity contribution is -0.154. The minimum Gasteiger partial charge on any atom is -0.483 e. The van der Waals surface area contributed by atoms with Gasteiger partial charge in [0, 0.05) is 5.56 Å². The average Bonchev–Trinajstić information content (AvgIpc) is 2.42. The van der Waals surface area contributed by atoms with E-state index in [-0.39, 0.29) is 12.0 Å². The molecule has 10 heteroatoms. The van der Waals surface area contributed by atoms with Gasteiger partial charge in [0.1, 0.15) is 23.1 Å². The molecule has 0 atom stereocenters. The van der Waals surface area contributed by atoms with E-state index in [1.807, 2.05) is 0 Å². The Morgan fingerprint density at radius 2 is 1.48 bits per heavy atom. The van der Waals surface area contributed by atoms with Crippen LogP contribution in [0.4, 0.5) is 26.3 Å². The Labute approximate surface area is 126 Å². The third-order valence-electron chi connectivity index (χ3n) is 2.35. The molecule has 0 unspecified atom stereocenters. The van der Waals surface area contributed by atoms with Gasteiger partial charge in [-0.15, -0.1) is 0 Å². The molecule has 0 heterocycles. The molecule has 0 N–H and O–H groups in total. The number of ether oxygens (including phenoxy) is 2. The summed E-state index contributed by atoms with van der Waals surface area (Å²) in [6, 6.07) is 5.14. The van der Waals surface area contributed by atoms with Crippen LogP contribution in [-0.2, 0) is 6.42 Å². The maximum atomic E-state index is 12.2. The van der Waals surface area contributed by atoms with Gasteiger partial charge in [0.25, 0.3) is 0 Å². The first-order chi connectivity index (χ1) is 10.6. The van der Waals surface area contributed by atoms with Gasteiger partial charge in [0.15, 0.2) is 13.2 Å². The molecular formula is C13H8F6N2O2. The van der Waals surface area contributed by atoms with Gasteiger partial charge in [-0.25, -0.2) is 0 Å². The molecule has 0 radical (unpaired) electrons. The molecule has 4 nitrogen and oxygen atoms in total. The SMILES string of the molecule is N#CCc1ccc(OCC(F)(F)F)c(C#N)c1OCC(F)(F)F. The number of benzene rings is 1. The summed E-state index contributed by atoms with van der Waals surface area (Å²) in [7, 11) is 0. The largest absolute Gasteiger partial charge is 0.483 e. The van der Waals surface area contributed by atoms with E-state index in [1.165, 1.54) is 6.07 Å². The van der Waals surface area contributed by atoms with E-state index in [9.17, 15) is 26.3 Å². The first-order valence-electron chi connectivity index (χ1n) is 5.89. The van der Waals surface area contributed by atoms with E-state index >= 15 is 0 Å². The quantitative estimate of drug-likeness (QED) is 0.771. The predicted octanol–water partition coefficient (Wildman–Crippen LogP) is 3.51. The zero-order valence-corrected chi connectivity index (χ0v) is 11.3. The Kier molecular flexibility index (Phi) is 5.68. The number of hydrogen-bond donors (Lipinski definition) is 0. The second-order valence-electron chi connectivity index (χ2n) is 4.18. The maximum Gasteiger partial charge on any atom is 0.422 e. The van der Waals surface area contributed by atoms with Crippen molar-refractivity contribution in [2.24, 2.45) is 0 Å². The summed E-state index contributed by atoms with van der Waals surface area (Å²) in [5.41, 5.74) is -0.695. The normalized spacial score (nSPS) is 11.5. The highest BCUT2D eigenvalue weighted by molar-refractivity contribution is 5.57. The lowest BCUT2D eigenvalue weighted by Gasteiger charge is -2.16. The van der Waals surface area contributed by atoms with E-state index in [0.29, 0.717) is 0 Å². The average molecular weight is 338 g/mol. The molecule has 0 saturated heterocycles. The Hall–Kier alpha value is -2.62. The molecule has 0 aliphatic carbocycles. The van der Waals surface area contributed by atoms with Crippen LogP contribution in [0.25, 0.3) is 0 Å². The molecule has 0 spiro atoms.